The molecule has 1 unspecified atom stereocenters. The average Bonchev–Trinajstić information content (AvgIpc) is 3.48. The molecule has 3 rings (SSSR count). The van der Waals surface area contributed by atoms with Gasteiger partial charge in [-0.3, -0.25) is 0 Å². The van der Waals surface area contributed by atoms with E-state index >= 15 is 0 Å². The summed E-state index contributed by atoms with van der Waals surface area (Å²) in [7, 11) is -3.32. The molecule has 0 aromatic heterocycles. The monoisotopic (exact) mass is 444 g/mol. The third-order valence-corrected chi connectivity index (χ3v) is 6.28. The molecule has 1 saturated carbocycles. The van der Waals surface area contributed by atoms with Crippen molar-refractivity contribution in [2.45, 2.75) is 50.4 Å². The zero-order chi connectivity index (χ0) is 21.9. The van der Waals surface area contributed by atoms with Crippen LogP contribution in [0.3, 0.4) is 0 Å². The smallest absolute Gasteiger partial charge is 0.331 e. The predicted octanol–water partition coefficient (Wildman–Crippen LogP) is 4.44. The second-order valence-electron chi connectivity index (χ2n) is 8.30. The molecule has 1 aliphatic carbocycles. The van der Waals surface area contributed by atoms with Crippen LogP contribution in [0.1, 0.15) is 43.7 Å². The molecule has 1 heterocycles. The highest BCUT2D eigenvalue weighted by Gasteiger charge is 2.40. The van der Waals surface area contributed by atoms with Crippen LogP contribution in [-0.4, -0.2) is 44.4 Å². The highest BCUT2D eigenvalue weighted by Crippen LogP contribution is 2.40. The maximum absolute atomic E-state index is 13.1. The molecule has 30 heavy (non-hydrogen) atoms. The normalized spacial score (nSPS) is 24.1. The summed E-state index contributed by atoms with van der Waals surface area (Å²) in [6.07, 6.45) is -0.181. The first-order valence-corrected chi connectivity index (χ1v) is 12.0. The van der Waals surface area contributed by atoms with Gasteiger partial charge in [-0.25, -0.2) is 13.2 Å². The number of alkyl halides is 3. The maximum Gasteiger partial charge on any atom is 0.389 e. The first-order valence-electron chi connectivity index (χ1n) is 10.1. The van der Waals surface area contributed by atoms with Gasteiger partial charge in [0.1, 0.15) is 0 Å². The lowest BCUT2D eigenvalue weighted by Crippen LogP contribution is -2.49. The standard InChI is InChI=1S/C21H27F3N2O3S/c1-30(28,29)12-10-18(16-7-8-16)25-20(27)26-11-9-15(14-21(22,23)24)13-19(26)17-5-3-2-4-6-17/h2-6,10,12,15-16,18-19H,7-9,11,13-14H2,1H3,(H,25,27)/b12-10+/t15-,18?,19+/m1/s1. The van der Waals surface area contributed by atoms with Gasteiger partial charge in [0.15, 0.2) is 9.84 Å². The predicted molar refractivity (Wildman–Crippen MR) is 108 cm³/mol. The van der Waals surface area contributed by atoms with Crippen molar-refractivity contribution in [1.82, 2.24) is 10.2 Å². The number of benzene rings is 1. The Balaban J connectivity index is 1.76. The molecule has 0 spiro atoms. The molecule has 9 heteroatoms. The van der Waals surface area contributed by atoms with Crippen molar-refractivity contribution >= 4 is 15.9 Å². The lowest BCUT2D eigenvalue weighted by atomic mass is 9.85. The van der Waals surface area contributed by atoms with Gasteiger partial charge in [0.25, 0.3) is 0 Å². The molecule has 2 amide bonds. The van der Waals surface area contributed by atoms with Crippen LogP contribution in [0.5, 0.6) is 0 Å². The topological polar surface area (TPSA) is 66.5 Å². The van der Waals surface area contributed by atoms with E-state index in [2.05, 4.69) is 5.32 Å². The van der Waals surface area contributed by atoms with Gasteiger partial charge in [-0.2, -0.15) is 13.2 Å². The van der Waals surface area contributed by atoms with E-state index in [9.17, 15) is 26.4 Å². The van der Waals surface area contributed by atoms with Crippen molar-refractivity contribution in [3.05, 3.63) is 47.4 Å². The summed E-state index contributed by atoms with van der Waals surface area (Å²) >= 11 is 0. The number of piperidine rings is 1. The fourth-order valence-corrected chi connectivity index (χ4v) is 4.47. The molecule has 1 saturated heterocycles. The van der Waals surface area contributed by atoms with Gasteiger partial charge in [0.05, 0.1) is 12.1 Å². The second-order valence-corrected chi connectivity index (χ2v) is 10.2. The third-order valence-electron chi connectivity index (χ3n) is 5.63. The van der Waals surface area contributed by atoms with E-state index < -0.39 is 40.4 Å². The van der Waals surface area contributed by atoms with Gasteiger partial charge in [0.2, 0.25) is 0 Å². The van der Waals surface area contributed by atoms with Crippen molar-refractivity contribution < 1.29 is 26.4 Å². The van der Waals surface area contributed by atoms with E-state index in [0.29, 0.717) is 0 Å². The first kappa shape index (κ1) is 22.7. The summed E-state index contributed by atoms with van der Waals surface area (Å²) in [5.74, 6) is -0.353. The number of rotatable bonds is 6. The number of amides is 2. The number of carbonyl (C=O) groups is 1. The number of nitrogens with one attached hydrogen (secondary N) is 1. The Hall–Kier alpha value is -2.03. The molecule has 0 radical (unpaired) electrons. The van der Waals surface area contributed by atoms with Crippen LogP contribution in [0, 0.1) is 11.8 Å². The number of carbonyl (C=O) groups excluding carboxylic acids is 1. The molecule has 3 atom stereocenters. The Kier molecular flexibility index (Phi) is 6.79. The van der Waals surface area contributed by atoms with Crippen molar-refractivity contribution in [3.8, 4) is 0 Å². The SMILES string of the molecule is CS(=O)(=O)/C=C/C(NC(=O)N1CC[C@@H](CC(F)(F)F)C[C@H]1c1ccccc1)C1CC1. The number of urea groups is 1. The fourth-order valence-electron chi connectivity index (χ4n) is 4.02. The summed E-state index contributed by atoms with van der Waals surface area (Å²) in [6, 6.07) is 7.85. The van der Waals surface area contributed by atoms with Gasteiger partial charge in [-0.05, 0) is 43.1 Å². The quantitative estimate of drug-likeness (QED) is 0.706. The lowest BCUT2D eigenvalue weighted by molar-refractivity contribution is -0.148. The third kappa shape index (κ3) is 6.75. The zero-order valence-corrected chi connectivity index (χ0v) is 17.6. The van der Waals surface area contributed by atoms with E-state index in [1.165, 1.54) is 6.08 Å². The van der Waals surface area contributed by atoms with Crippen LogP contribution in [-0.2, 0) is 9.84 Å². The average molecular weight is 445 g/mol. The largest absolute Gasteiger partial charge is 0.389 e. The summed E-state index contributed by atoms with van der Waals surface area (Å²) in [5, 5.41) is 4.00. The maximum atomic E-state index is 13.1. The van der Waals surface area contributed by atoms with Crippen LogP contribution in [0.25, 0.3) is 0 Å². The summed E-state index contributed by atoms with van der Waals surface area (Å²) < 4.78 is 61.7. The van der Waals surface area contributed by atoms with E-state index in [1.54, 1.807) is 17.0 Å². The minimum atomic E-state index is -4.23. The van der Waals surface area contributed by atoms with Gasteiger partial charge in [0, 0.05) is 24.6 Å². The fraction of sp³-hybridized carbons (Fsp3) is 0.571. The van der Waals surface area contributed by atoms with Crippen LogP contribution >= 0.6 is 0 Å². The zero-order valence-electron chi connectivity index (χ0n) is 16.8. The van der Waals surface area contributed by atoms with Crippen molar-refractivity contribution in [2.75, 3.05) is 12.8 Å². The van der Waals surface area contributed by atoms with E-state index in [1.807, 2.05) is 18.2 Å². The summed E-state index contributed by atoms with van der Waals surface area (Å²) in [4.78, 5) is 14.6. The van der Waals surface area contributed by atoms with Crippen LogP contribution in [0.15, 0.2) is 41.8 Å². The highest BCUT2D eigenvalue weighted by atomic mass is 32.2. The Labute approximate surface area is 175 Å². The lowest BCUT2D eigenvalue weighted by Gasteiger charge is -2.40. The van der Waals surface area contributed by atoms with E-state index in [0.717, 1.165) is 30.1 Å². The molecule has 0 bridgehead atoms. The molecular weight excluding hydrogens is 417 g/mol. The van der Waals surface area contributed by atoms with E-state index in [4.69, 9.17) is 0 Å². The molecule has 166 valence electrons. The molecule has 5 nitrogen and oxygen atoms in total. The van der Waals surface area contributed by atoms with Gasteiger partial charge in [-0.15, -0.1) is 0 Å². The van der Waals surface area contributed by atoms with Crippen molar-refractivity contribution in [2.24, 2.45) is 11.8 Å². The Bertz CT molecular complexity index is 867. The number of hydrogen-bond acceptors (Lipinski definition) is 3. The van der Waals surface area contributed by atoms with Gasteiger partial charge >= 0.3 is 12.2 Å². The van der Waals surface area contributed by atoms with Crippen LogP contribution in [0.2, 0.25) is 0 Å². The number of hydrogen-bond donors (Lipinski definition) is 1. The summed E-state index contributed by atoms with van der Waals surface area (Å²) in [5.41, 5.74) is 0.800. The van der Waals surface area contributed by atoms with Crippen LogP contribution < -0.4 is 5.32 Å². The summed E-state index contributed by atoms with van der Waals surface area (Å²) in [6.45, 7) is 0.222. The molecule has 1 aromatic rings. The number of likely N-dealkylation sites (tertiary alicyclic amines) is 1. The molecule has 1 aromatic carbocycles. The Morgan fingerprint density at radius 3 is 2.47 bits per heavy atom. The van der Waals surface area contributed by atoms with Crippen molar-refractivity contribution in [1.29, 1.82) is 0 Å². The van der Waals surface area contributed by atoms with Gasteiger partial charge < -0.3 is 10.2 Å². The molecule has 1 N–H and O–H groups in total. The Morgan fingerprint density at radius 1 is 1.23 bits per heavy atom. The minimum absolute atomic E-state index is 0.185. The van der Waals surface area contributed by atoms with Crippen molar-refractivity contribution in [3.63, 3.8) is 0 Å². The minimum Gasteiger partial charge on any atom is -0.331 e. The molecule has 2 fully saturated rings. The molecular formula is C21H27F3N2O3S. The first-order chi connectivity index (χ1) is 14.0. The number of nitrogens with zero attached hydrogens (tertiary/aromatic N) is 1. The second kappa shape index (κ2) is 8.99. The Morgan fingerprint density at radius 2 is 1.90 bits per heavy atom. The molecule has 2 aliphatic rings. The van der Waals surface area contributed by atoms with Crippen LogP contribution in [0.4, 0.5) is 18.0 Å². The number of sulfone groups is 1. The molecule has 1 aliphatic heterocycles. The highest BCUT2D eigenvalue weighted by molar-refractivity contribution is 7.93. The van der Waals surface area contributed by atoms with E-state index in [-0.39, 0.29) is 31.3 Å². The van der Waals surface area contributed by atoms with Gasteiger partial charge in [-0.1, -0.05) is 36.4 Å². The number of halogens is 3.